The number of esters is 1. The predicted molar refractivity (Wildman–Crippen MR) is 352 cm³/mol. The molecule has 0 aliphatic carbocycles. The number of aromatic nitrogens is 3. The van der Waals surface area contributed by atoms with E-state index in [9.17, 15) is 4.79 Å². The van der Waals surface area contributed by atoms with Crippen LogP contribution >= 0.6 is 34.7 Å². The maximum atomic E-state index is 15.8. The predicted octanol–water partition coefficient (Wildman–Crippen LogP) is 14.9. The third-order valence-electron chi connectivity index (χ3n) is 15.7. The van der Waals surface area contributed by atoms with Gasteiger partial charge in [-0.05, 0) is 61.4 Å². The molecule has 0 unspecified atom stereocenters. The lowest BCUT2D eigenvalue weighted by molar-refractivity contribution is -0.158. The van der Waals surface area contributed by atoms with E-state index in [1.165, 1.54) is 16.7 Å². The average molecular weight is 1250 g/mol. The minimum atomic E-state index is -1.45. The first-order valence-electron chi connectivity index (χ1n) is 29.4. The van der Waals surface area contributed by atoms with E-state index in [0.717, 1.165) is 43.8 Å². The van der Waals surface area contributed by atoms with Gasteiger partial charge < -0.3 is 24.9 Å². The van der Waals surface area contributed by atoms with Gasteiger partial charge in [-0.1, -0.05) is 271 Å². The molecule has 1 saturated heterocycles. The fourth-order valence-corrected chi connectivity index (χ4v) is 13.7. The Balaban J connectivity index is 0.935. The van der Waals surface area contributed by atoms with E-state index in [2.05, 4.69) is 15.7 Å². The van der Waals surface area contributed by atoms with E-state index in [1.807, 2.05) is 243 Å². The summed E-state index contributed by atoms with van der Waals surface area (Å²) in [4.78, 5) is 73.4. The van der Waals surface area contributed by atoms with Gasteiger partial charge in [-0.25, -0.2) is 14.6 Å². The summed E-state index contributed by atoms with van der Waals surface area (Å²) in [5, 5.41) is 16.4. The number of nitrogens with zero attached hydrogens (tertiary/aromatic N) is 5. The zero-order chi connectivity index (χ0) is 62.2. The zero-order valence-corrected chi connectivity index (χ0v) is 51.8. The number of carbonyl (C=O) groups excluding carboxylic acids is 4. The number of nitrogens with one attached hydrogen (secondary N) is 2. The maximum absolute atomic E-state index is 15.8. The quantitative estimate of drug-likeness (QED) is 0.0245. The van der Waals surface area contributed by atoms with Gasteiger partial charge in [-0.15, -0.1) is 11.8 Å². The van der Waals surface area contributed by atoms with Crippen molar-refractivity contribution in [2.45, 2.75) is 74.3 Å². The third kappa shape index (κ3) is 12.5. The highest BCUT2D eigenvalue weighted by Crippen LogP contribution is 2.46. The zero-order valence-electron chi connectivity index (χ0n) is 49.4. The van der Waals surface area contributed by atoms with Crippen LogP contribution in [0.4, 0.5) is 9.93 Å². The monoisotopic (exact) mass is 1250 g/mol. The highest BCUT2D eigenvalue weighted by Gasteiger charge is 2.55. The average Bonchev–Trinajstić information content (AvgIpc) is 1.30. The van der Waals surface area contributed by atoms with Crippen molar-refractivity contribution in [3.63, 3.8) is 0 Å². The molecule has 2 atom stereocenters. The van der Waals surface area contributed by atoms with Crippen LogP contribution in [0.15, 0.2) is 271 Å². The normalized spacial score (nSPS) is 15.1. The number of thioether (sulfide) groups is 1. The van der Waals surface area contributed by atoms with Crippen LogP contribution in [0.3, 0.4) is 0 Å². The highest BCUT2D eigenvalue weighted by atomic mass is 35.5. The molecule has 2 aromatic heterocycles. The van der Waals surface area contributed by atoms with Crippen LogP contribution in [0.25, 0.3) is 0 Å². The Kier molecular flexibility index (Phi) is 17.8. The van der Waals surface area contributed by atoms with Crippen LogP contribution in [0.1, 0.15) is 95.5 Å². The van der Waals surface area contributed by atoms with Crippen molar-refractivity contribution in [2.75, 3.05) is 5.32 Å². The summed E-state index contributed by atoms with van der Waals surface area (Å²) in [6.45, 7) is 5.33. The molecule has 1 fully saturated rings. The third-order valence-corrected chi connectivity index (χ3v) is 18.1. The van der Waals surface area contributed by atoms with Gasteiger partial charge in [0.05, 0.1) is 12.2 Å². The first-order chi connectivity index (χ1) is 43.8. The molecule has 4 heterocycles. The largest absolute Gasteiger partial charge is 0.448 e. The number of oxime groups is 1. The Morgan fingerprint density at radius 3 is 1.59 bits per heavy atom. The highest BCUT2D eigenvalue weighted by molar-refractivity contribution is 8.02. The molecule has 2 N–H and O–H groups in total. The molecule has 14 nitrogen and oxygen atoms in total. The Hall–Kier alpha value is -9.87. The molecule has 0 saturated carbocycles. The molecule has 2 amide bonds. The summed E-state index contributed by atoms with van der Waals surface area (Å²) in [7, 11) is 0. The van der Waals surface area contributed by atoms with E-state index in [1.54, 1.807) is 33.2 Å². The number of allylic oxidation sites excluding steroid dienone is 1. The molecule has 2 aliphatic rings. The molecule has 12 rings (SSSR count). The molecule has 0 bridgehead atoms. The van der Waals surface area contributed by atoms with Crippen LogP contribution in [0.2, 0.25) is 4.34 Å². The Morgan fingerprint density at radius 2 is 1.12 bits per heavy atom. The minimum absolute atomic E-state index is 0.00850. The number of ether oxygens (including phenoxy) is 2. The van der Waals surface area contributed by atoms with Crippen molar-refractivity contribution in [1.82, 2.24) is 25.0 Å². The minimum Gasteiger partial charge on any atom is -0.448 e. The van der Waals surface area contributed by atoms with Crippen LogP contribution in [0, 0.1) is 0 Å². The molecule has 8 aromatic carbocycles. The lowest BCUT2D eigenvalue weighted by Gasteiger charge is -2.50. The number of anilines is 1. The van der Waals surface area contributed by atoms with Gasteiger partial charge in [0, 0.05) is 39.1 Å². The maximum Gasteiger partial charge on any atom is 0.435 e. The number of rotatable bonds is 20. The number of halogens is 1. The lowest BCUT2D eigenvalue weighted by atomic mass is 9.77. The Morgan fingerprint density at radius 1 is 0.667 bits per heavy atom. The fourth-order valence-electron chi connectivity index (χ4n) is 11.6. The Bertz CT molecular complexity index is 3980. The molecule has 17 heteroatoms. The van der Waals surface area contributed by atoms with Crippen molar-refractivity contribution >= 4 is 69.4 Å². The number of thiazole rings is 1. The van der Waals surface area contributed by atoms with Gasteiger partial charge in [-0.2, -0.15) is 9.78 Å². The van der Waals surface area contributed by atoms with E-state index in [4.69, 9.17) is 36.1 Å². The summed E-state index contributed by atoms with van der Waals surface area (Å²) in [5.41, 5.74) is 3.50. The Labute approximate surface area is 535 Å². The number of carbonyl (C=O) groups is 4. The number of β-lactam (4-membered cyclic amide) rings is 1. The molecule has 450 valence electrons. The second-order valence-electron chi connectivity index (χ2n) is 22.6. The summed E-state index contributed by atoms with van der Waals surface area (Å²) in [5.74, 6) is -1.81. The molecule has 90 heavy (non-hydrogen) atoms. The number of fused-ring (bicyclic) bond motifs is 1. The van der Waals surface area contributed by atoms with Crippen LogP contribution in [0.5, 0.6) is 0 Å². The van der Waals surface area contributed by atoms with Crippen molar-refractivity contribution < 1.29 is 33.5 Å². The first-order valence-corrected chi connectivity index (χ1v) is 31.6. The SMILES string of the molecule is CC(C)(C)OC(=O)n1cc(CSC2=C(C(=O)OC(c3ccccc3)c3ccccc3)N3C(=O)[C@@H](NC(=O)/C(=N\OC(c4ccccc4)(c4ccccc4)c4ccccc4)c4nc(NC(c5ccccc5)(c5ccccc5)c5ccccc5)sc4Cl)[C@H]3CC2)cn1. The number of benzene rings is 8. The first kappa shape index (κ1) is 60.4. The van der Waals surface area contributed by atoms with Gasteiger partial charge >= 0.3 is 12.1 Å². The van der Waals surface area contributed by atoms with Crippen molar-refractivity contribution in [2.24, 2.45) is 5.16 Å². The van der Waals surface area contributed by atoms with Crippen molar-refractivity contribution in [3.8, 4) is 0 Å². The smallest absolute Gasteiger partial charge is 0.435 e. The van der Waals surface area contributed by atoms with E-state index in [0.29, 0.717) is 45.1 Å². The van der Waals surface area contributed by atoms with Gasteiger partial charge in [-0.3, -0.25) is 14.5 Å². The van der Waals surface area contributed by atoms with Crippen LogP contribution in [-0.2, 0) is 45.6 Å². The molecular weight excluding hydrogens is 1190 g/mol. The molecular formula is C73H62ClN7O7S2. The topological polar surface area (TPSA) is 166 Å². The van der Waals surface area contributed by atoms with Gasteiger partial charge in [0.2, 0.25) is 5.60 Å². The summed E-state index contributed by atoms with van der Waals surface area (Å²) >= 11 is 9.89. The summed E-state index contributed by atoms with van der Waals surface area (Å²) in [6.07, 6.45) is 2.35. The summed E-state index contributed by atoms with van der Waals surface area (Å²) < 4.78 is 13.3. The van der Waals surface area contributed by atoms with E-state index < -0.39 is 58.8 Å². The van der Waals surface area contributed by atoms with Gasteiger partial charge in [0.1, 0.15) is 32.9 Å². The molecule has 0 spiro atoms. The summed E-state index contributed by atoms with van der Waals surface area (Å²) in [6, 6.07) is 75.9. The number of hydrogen-bond donors (Lipinski definition) is 2. The standard InChI is InChI=1S/C73H62ClN7O7S2/c1-71(2,3)87-70(85)80-47-49(46-75-80)48-89-59-45-44-58-60(67(83)81(58)63(59)68(84)86-64(50-28-12-4-13-29-50)51-30-14-5-15-31-51)76-66(82)62(79-88-73(55-38-22-9-23-39-55,56-40-24-10-25-41-56)57-42-26-11-27-43-57)61-65(74)90-69(77-61)78-72(52-32-16-6-17-33-52,53-34-18-7-19-35-53)54-36-20-8-21-37-54/h4-43,46-47,58,60,64H,44-45,48H2,1-3H3,(H,76,82)(H,77,78)/b79-62-/t58-,60+/m1/s1. The number of amides is 2. The van der Waals surface area contributed by atoms with Gasteiger partial charge in [0.25, 0.3) is 11.8 Å². The van der Waals surface area contributed by atoms with Crippen molar-refractivity contribution in [1.29, 1.82) is 0 Å². The van der Waals surface area contributed by atoms with E-state index >= 15 is 14.4 Å². The lowest BCUT2D eigenvalue weighted by Crippen LogP contribution is -2.72. The molecule has 10 aromatic rings. The van der Waals surface area contributed by atoms with Crippen LogP contribution in [-0.4, -0.2) is 66.9 Å². The molecule has 2 aliphatic heterocycles. The fraction of sp³-hybridized carbons (Fsp3) is 0.164. The second-order valence-corrected chi connectivity index (χ2v) is 25.3. The van der Waals surface area contributed by atoms with Crippen molar-refractivity contribution in [3.05, 3.63) is 326 Å². The molecule has 0 radical (unpaired) electrons. The van der Waals surface area contributed by atoms with Gasteiger partial charge in [0.15, 0.2) is 16.9 Å². The number of hydrogen-bond acceptors (Lipinski definition) is 13. The van der Waals surface area contributed by atoms with E-state index in [-0.39, 0.29) is 27.2 Å². The second kappa shape index (κ2) is 26.5. The van der Waals surface area contributed by atoms with Crippen LogP contribution < -0.4 is 10.6 Å².